The minimum absolute atomic E-state index is 0.101. The molecule has 0 unspecified atom stereocenters. The second kappa shape index (κ2) is 9.15. The van der Waals surface area contributed by atoms with Gasteiger partial charge in [-0.25, -0.2) is 4.99 Å². The number of amidine groups is 1. The highest BCUT2D eigenvalue weighted by molar-refractivity contribution is 8.18. The van der Waals surface area contributed by atoms with Crippen LogP contribution in [0.3, 0.4) is 0 Å². The highest BCUT2D eigenvalue weighted by Crippen LogP contribution is 2.36. The molecule has 1 aliphatic rings. The largest absolute Gasteiger partial charge is 0.333 e. The van der Waals surface area contributed by atoms with Crippen molar-refractivity contribution in [3.63, 3.8) is 0 Å². The highest BCUT2D eigenvalue weighted by atomic mass is 32.2. The molecule has 1 fully saturated rings. The number of pyridine rings is 1. The van der Waals surface area contributed by atoms with E-state index in [1.165, 1.54) is 11.8 Å². The topological polar surface area (TPSA) is 74.3 Å². The smallest absolute Gasteiger partial charge is 0.267 e. The predicted octanol–water partition coefficient (Wildman–Crippen LogP) is 5.36. The number of nitriles is 1. The monoisotopic (exact) mass is 449 g/mol. The summed E-state index contributed by atoms with van der Waals surface area (Å²) in [6.45, 7) is 0.636. The summed E-state index contributed by atoms with van der Waals surface area (Å²) in [7, 11) is 0. The van der Waals surface area contributed by atoms with Gasteiger partial charge in [0, 0.05) is 35.1 Å². The Morgan fingerprint density at radius 3 is 2.67 bits per heavy atom. The Kier molecular flexibility index (Phi) is 5.75. The summed E-state index contributed by atoms with van der Waals surface area (Å²) in [4.78, 5) is 24.7. The van der Waals surface area contributed by atoms with E-state index < -0.39 is 0 Å². The molecule has 33 heavy (non-hydrogen) atoms. The summed E-state index contributed by atoms with van der Waals surface area (Å²) in [6, 6.07) is 23.5. The second-order valence-electron chi connectivity index (χ2n) is 7.48. The van der Waals surface area contributed by atoms with E-state index in [0.29, 0.717) is 16.6 Å². The van der Waals surface area contributed by atoms with E-state index >= 15 is 0 Å². The van der Waals surface area contributed by atoms with Crippen molar-refractivity contribution in [2.75, 3.05) is 0 Å². The molecule has 0 N–H and O–H groups in total. The van der Waals surface area contributed by atoms with Crippen LogP contribution in [0.4, 0.5) is 5.69 Å². The van der Waals surface area contributed by atoms with Gasteiger partial charge in [-0.1, -0.05) is 42.5 Å². The lowest BCUT2D eigenvalue weighted by molar-refractivity contribution is -0.122. The molecule has 1 amide bonds. The van der Waals surface area contributed by atoms with Gasteiger partial charge >= 0.3 is 0 Å². The van der Waals surface area contributed by atoms with Gasteiger partial charge < -0.3 is 4.57 Å². The lowest BCUT2D eigenvalue weighted by Gasteiger charge is -2.15. The number of hydrogen-bond acceptors (Lipinski definition) is 5. The molecule has 2 aromatic heterocycles. The second-order valence-corrected chi connectivity index (χ2v) is 8.49. The number of fused-ring (bicyclic) bond motifs is 1. The molecular formula is C26H19N5OS. The molecule has 0 saturated carbocycles. The zero-order chi connectivity index (χ0) is 22.6. The lowest BCUT2D eigenvalue weighted by atomic mass is 10.1. The van der Waals surface area contributed by atoms with Crippen LogP contribution < -0.4 is 0 Å². The standard InChI is InChI=1S/C26H19N5OS/c27-12-14-30-18-20(22-10-4-5-11-23(22)30)15-24-25(32)31(17-19-7-6-13-28-16-19)26(33-24)29-21-8-2-1-3-9-21/h1-11,13,15-16,18H,14,17H2. The van der Waals surface area contributed by atoms with Crippen LogP contribution in [0.15, 0.2) is 95.2 Å². The fraction of sp³-hybridized carbons (Fsp3) is 0.0769. The zero-order valence-corrected chi connectivity index (χ0v) is 18.4. The molecule has 5 rings (SSSR count). The first kappa shape index (κ1) is 20.7. The number of amides is 1. The highest BCUT2D eigenvalue weighted by Gasteiger charge is 2.33. The van der Waals surface area contributed by atoms with Gasteiger partial charge in [0.15, 0.2) is 5.17 Å². The third kappa shape index (κ3) is 4.29. The molecular weight excluding hydrogens is 430 g/mol. The van der Waals surface area contributed by atoms with Gasteiger partial charge in [-0.05, 0) is 47.7 Å². The zero-order valence-electron chi connectivity index (χ0n) is 17.6. The maximum absolute atomic E-state index is 13.5. The Hall–Kier alpha value is -4.15. The van der Waals surface area contributed by atoms with Gasteiger partial charge in [-0.3, -0.25) is 14.7 Å². The van der Waals surface area contributed by atoms with E-state index in [0.717, 1.165) is 27.7 Å². The van der Waals surface area contributed by atoms with Crippen LogP contribution in [0.25, 0.3) is 17.0 Å². The Morgan fingerprint density at radius 2 is 1.88 bits per heavy atom. The van der Waals surface area contributed by atoms with Crippen LogP contribution >= 0.6 is 11.8 Å². The van der Waals surface area contributed by atoms with Crippen molar-refractivity contribution in [3.8, 4) is 6.07 Å². The maximum Gasteiger partial charge on any atom is 0.267 e. The summed E-state index contributed by atoms with van der Waals surface area (Å²) in [5, 5.41) is 10.8. The number of aliphatic imine (C=N–C) groups is 1. The molecule has 6 nitrogen and oxygen atoms in total. The van der Waals surface area contributed by atoms with Crippen LogP contribution in [-0.4, -0.2) is 25.5 Å². The summed E-state index contributed by atoms with van der Waals surface area (Å²) in [5.74, 6) is -0.101. The van der Waals surface area contributed by atoms with Crippen molar-refractivity contribution in [1.82, 2.24) is 14.5 Å². The summed E-state index contributed by atoms with van der Waals surface area (Å²) in [5.41, 5.74) is 3.58. The Balaban J connectivity index is 1.56. The van der Waals surface area contributed by atoms with Crippen molar-refractivity contribution in [3.05, 3.63) is 101 Å². The fourth-order valence-electron chi connectivity index (χ4n) is 3.76. The molecule has 7 heteroatoms. The van der Waals surface area contributed by atoms with E-state index in [4.69, 9.17) is 4.99 Å². The summed E-state index contributed by atoms with van der Waals surface area (Å²) in [6.07, 6.45) is 7.29. The molecule has 1 saturated heterocycles. The van der Waals surface area contributed by atoms with Crippen molar-refractivity contribution in [2.24, 2.45) is 4.99 Å². The Morgan fingerprint density at radius 1 is 1.06 bits per heavy atom. The molecule has 1 aliphatic heterocycles. The number of benzene rings is 2. The van der Waals surface area contributed by atoms with Gasteiger partial charge in [-0.15, -0.1) is 0 Å². The Bertz CT molecular complexity index is 1420. The van der Waals surface area contributed by atoms with Crippen molar-refractivity contribution in [2.45, 2.75) is 13.1 Å². The number of aromatic nitrogens is 2. The molecule has 4 aromatic rings. The molecule has 0 atom stereocenters. The Labute approximate surface area is 195 Å². The molecule has 3 heterocycles. The quantitative estimate of drug-likeness (QED) is 0.384. The van der Waals surface area contributed by atoms with Crippen LogP contribution in [-0.2, 0) is 17.9 Å². The molecule has 0 radical (unpaired) electrons. The van der Waals surface area contributed by atoms with Crippen molar-refractivity contribution in [1.29, 1.82) is 5.26 Å². The van der Waals surface area contributed by atoms with Crippen LogP contribution in [0, 0.1) is 11.3 Å². The number of carbonyl (C=O) groups excluding carboxylic acids is 1. The van der Waals surface area contributed by atoms with E-state index in [1.807, 2.05) is 83.6 Å². The minimum atomic E-state index is -0.101. The lowest BCUT2D eigenvalue weighted by Crippen LogP contribution is -2.28. The van der Waals surface area contributed by atoms with E-state index in [-0.39, 0.29) is 12.5 Å². The number of hydrogen-bond donors (Lipinski definition) is 0. The average molecular weight is 450 g/mol. The molecule has 2 aromatic carbocycles. The SMILES string of the molecule is N#CCn1cc(C=C2SC(=Nc3ccccc3)N(Cc3cccnc3)C2=O)c2ccccc21. The van der Waals surface area contributed by atoms with Crippen LogP contribution in [0.2, 0.25) is 0 Å². The number of carbonyl (C=O) groups is 1. The molecule has 0 aliphatic carbocycles. The van der Waals surface area contributed by atoms with Gasteiger partial charge in [0.1, 0.15) is 6.54 Å². The fourth-order valence-corrected chi connectivity index (χ4v) is 4.75. The number of nitrogens with zero attached hydrogens (tertiary/aromatic N) is 5. The first-order valence-electron chi connectivity index (χ1n) is 10.4. The summed E-state index contributed by atoms with van der Waals surface area (Å²) < 4.78 is 1.90. The summed E-state index contributed by atoms with van der Waals surface area (Å²) >= 11 is 1.36. The number of rotatable bonds is 5. The van der Waals surface area contributed by atoms with Gasteiger partial charge in [0.25, 0.3) is 5.91 Å². The molecule has 160 valence electrons. The minimum Gasteiger partial charge on any atom is -0.333 e. The van der Waals surface area contributed by atoms with Crippen molar-refractivity contribution < 1.29 is 4.79 Å². The normalized spacial score (nSPS) is 16.1. The molecule has 0 spiro atoms. The first-order valence-corrected chi connectivity index (χ1v) is 11.2. The number of thioether (sulfide) groups is 1. The third-order valence-electron chi connectivity index (χ3n) is 5.28. The van der Waals surface area contributed by atoms with E-state index in [1.54, 1.807) is 17.3 Å². The van der Waals surface area contributed by atoms with Gasteiger partial charge in [0.05, 0.1) is 23.2 Å². The van der Waals surface area contributed by atoms with Crippen molar-refractivity contribution >= 4 is 45.5 Å². The maximum atomic E-state index is 13.5. The third-order valence-corrected chi connectivity index (χ3v) is 6.29. The van der Waals surface area contributed by atoms with E-state index in [2.05, 4.69) is 11.1 Å². The first-order chi connectivity index (χ1) is 16.2. The van der Waals surface area contributed by atoms with Gasteiger partial charge in [0.2, 0.25) is 0 Å². The molecule has 0 bridgehead atoms. The van der Waals surface area contributed by atoms with Crippen LogP contribution in [0.5, 0.6) is 0 Å². The van der Waals surface area contributed by atoms with E-state index in [9.17, 15) is 10.1 Å². The average Bonchev–Trinajstić information content (AvgIpc) is 3.33. The van der Waals surface area contributed by atoms with Crippen LogP contribution in [0.1, 0.15) is 11.1 Å². The predicted molar refractivity (Wildman–Crippen MR) is 131 cm³/mol. The number of para-hydroxylation sites is 2. The van der Waals surface area contributed by atoms with Gasteiger partial charge in [-0.2, -0.15) is 5.26 Å².